The van der Waals surface area contributed by atoms with E-state index in [-0.39, 0.29) is 0 Å². The number of hydrogen-bond donors (Lipinski definition) is 0. The van der Waals surface area contributed by atoms with Gasteiger partial charge < -0.3 is 18.9 Å². The summed E-state index contributed by atoms with van der Waals surface area (Å²) < 4.78 is 22.1. The van der Waals surface area contributed by atoms with Crippen molar-refractivity contribution in [1.29, 1.82) is 0 Å². The van der Waals surface area contributed by atoms with Crippen LogP contribution >= 0.6 is 0 Å². The van der Waals surface area contributed by atoms with Gasteiger partial charge in [-0.3, -0.25) is 0 Å². The Morgan fingerprint density at radius 1 is 0.667 bits per heavy atom. The average molecular weight is 328 g/mol. The Labute approximate surface area is 143 Å². The molecule has 2 aromatic carbocycles. The molecule has 0 heterocycles. The summed E-state index contributed by atoms with van der Waals surface area (Å²) in [5, 5.41) is 0. The van der Waals surface area contributed by atoms with Crippen molar-refractivity contribution in [2.45, 2.75) is 25.7 Å². The van der Waals surface area contributed by atoms with Crippen LogP contribution in [0.5, 0.6) is 23.0 Å². The molecule has 0 bridgehead atoms. The Balaban J connectivity index is 2.26. The second-order valence-electron chi connectivity index (χ2n) is 5.90. The molecule has 0 N–H and O–H groups in total. The van der Waals surface area contributed by atoms with Crippen LogP contribution in [0.1, 0.15) is 24.0 Å². The predicted octanol–water partition coefficient (Wildman–Crippen LogP) is 4.27. The lowest BCUT2D eigenvalue weighted by molar-refractivity contribution is 0.351. The van der Waals surface area contributed by atoms with E-state index in [4.69, 9.17) is 18.9 Å². The zero-order valence-corrected chi connectivity index (χ0v) is 14.8. The van der Waals surface area contributed by atoms with Crippen LogP contribution in [0.4, 0.5) is 0 Å². The molecule has 0 aliphatic heterocycles. The number of aryl methyl sites for hydroxylation is 1. The van der Waals surface area contributed by atoms with E-state index in [1.807, 2.05) is 6.07 Å². The quantitative estimate of drug-likeness (QED) is 0.840. The molecular weight excluding hydrogens is 304 g/mol. The molecule has 128 valence electrons. The van der Waals surface area contributed by atoms with Crippen LogP contribution in [0.2, 0.25) is 0 Å². The summed E-state index contributed by atoms with van der Waals surface area (Å²) in [5.41, 5.74) is 4.84. The van der Waals surface area contributed by atoms with Crippen molar-refractivity contribution < 1.29 is 18.9 Å². The third-order valence-corrected chi connectivity index (χ3v) is 4.67. The van der Waals surface area contributed by atoms with Crippen molar-refractivity contribution in [2.24, 2.45) is 0 Å². The fourth-order valence-electron chi connectivity index (χ4n) is 3.49. The summed E-state index contributed by atoms with van der Waals surface area (Å²) in [6.07, 6.45) is 4.25. The summed E-state index contributed by atoms with van der Waals surface area (Å²) in [4.78, 5) is 0. The maximum Gasteiger partial charge on any atom is 0.164 e. The number of ether oxygens (including phenoxy) is 4. The van der Waals surface area contributed by atoms with Crippen molar-refractivity contribution >= 4 is 0 Å². The molecule has 3 rings (SSSR count). The van der Waals surface area contributed by atoms with E-state index in [0.717, 1.165) is 48.7 Å². The van der Waals surface area contributed by atoms with Crippen LogP contribution in [0.15, 0.2) is 24.3 Å². The van der Waals surface area contributed by atoms with E-state index in [2.05, 4.69) is 18.2 Å². The highest BCUT2D eigenvalue weighted by molar-refractivity contribution is 5.77. The van der Waals surface area contributed by atoms with Gasteiger partial charge in [0.05, 0.1) is 28.4 Å². The van der Waals surface area contributed by atoms with Crippen LogP contribution in [-0.2, 0) is 12.8 Å². The minimum Gasteiger partial charge on any atom is -0.493 e. The normalized spacial score (nSPS) is 13.2. The molecule has 4 nitrogen and oxygen atoms in total. The maximum absolute atomic E-state index is 5.67. The molecular formula is C20H24O4. The van der Waals surface area contributed by atoms with Gasteiger partial charge in [-0.1, -0.05) is 6.07 Å². The minimum absolute atomic E-state index is 0.748. The first-order valence-corrected chi connectivity index (χ1v) is 8.22. The molecule has 0 saturated heterocycles. The first kappa shape index (κ1) is 16.5. The lowest BCUT2D eigenvalue weighted by atomic mass is 9.87. The predicted molar refractivity (Wildman–Crippen MR) is 94.7 cm³/mol. The molecule has 24 heavy (non-hydrogen) atoms. The molecule has 0 radical (unpaired) electrons. The van der Waals surface area contributed by atoms with Crippen LogP contribution in [0.25, 0.3) is 11.1 Å². The van der Waals surface area contributed by atoms with Gasteiger partial charge in [0.15, 0.2) is 23.0 Å². The Morgan fingerprint density at radius 2 is 1.33 bits per heavy atom. The van der Waals surface area contributed by atoms with Crippen LogP contribution in [0.3, 0.4) is 0 Å². The fourth-order valence-corrected chi connectivity index (χ4v) is 3.49. The summed E-state index contributed by atoms with van der Waals surface area (Å²) in [6, 6.07) is 8.26. The summed E-state index contributed by atoms with van der Waals surface area (Å²) in [6.45, 7) is 0. The highest BCUT2D eigenvalue weighted by Gasteiger charge is 2.21. The van der Waals surface area contributed by atoms with Crippen LogP contribution in [-0.4, -0.2) is 28.4 Å². The second kappa shape index (κ2) is 7.04. The highest BCUT2D eigenvalue weighted by atomic mass is 16.5. The fraction of sp³-hybridized carbons (Fsp3) is 0.400. The highest BCUT2D eigenvalue weighted by Crippen LogP contribution is 2.44. The van der Waals surface area contributed by atoms with E-state index in [1.165, 1.54) is 22.3 Å². The average Bonchev–Trinajstić information content (AvgIpc) is 2.61. The van der Waals surface area contributed by atoms with E-state index in [0.29, 0.717) is 0 Å². The summed E-state index contributed by atoms with van der Waals surface area (Å²) in [7, 11) is 6.72. The van der Waals surface area contributed by atoms with Gasteiger partial charge in [-0.2, -0.15) is 0 Å². The van der Waals surface area contributed by atoms with Gasteiger partial charge in [-0.25, -0.2) is 0 Å². The molecule has 4 heteroatoms. The Morgan fingerprint density at radius 3 is 2.00 bits per heavy atom. The molecule has 0 atom stereocenters. The molecule has 0 fully saturated rings. The lowest BCUT2D eigenvalue weighted by Gasteiger charge is -2.22. The standard InChI is InChI=1S/C20H24O4/c1-21-17-10-9-14-15(20(17)24-4)8-6-5-7-13-11-18(22-2)19(23-3)12-16(13)14/h9-12H,5-8H2,1-4H3. The number of benzene rings is 2. The third kappa shape index (κ3) is 2.77. The molecule has 0 aromatic heterocycles. The van der Waals surface area contributed by atoms with Gasteiger partial charge in [0.1, 0.15) is 0 Å². The number of methoxy groups -OCH3 is 4. The van der Waals surface area contributed by atoms with Gasteiger partial charge in [0.2, 0.25) is 0 Å². The summed E-state index contributed by atoms with van der Waals surface area (Å²) in [5.74, 6) is 3.13. The maximum atomic E-state index is 5.67. The smallest absolute Gasteiger partial charge is 0.164 e. The Bertz CT molecular complexity index is 735. The molecule has 2 aromatic rings. The molecule has 0 spiro atoms. The minimum atomic E-state index is 0.748. The second-order valence-corrected chi connectivity index (χ2v) is 5.90. The number of hydrogen-bond acceptors (Lipinski definition) is 4. The molecule has 1 aliphatic rings. The molecule has 0 saturated carbocycles. The first-order valence-electron chi connectivity index (χ1n) is 8.22. The summed E-state index contributed by atoms with van der Waals surface area (Å²) >= 11 is 0. The Kier molecular flexibility index (Phi) is 4.84. The van der Waals surface area contributed by atoms with Gasteiger partial charge in [0.25, 0.3) is 0 Å². The first-order chi connectivity index (χ1) is 11.7. The zero-order chi connectivity index (χ0) is 17.1. The number of rotatable bonds is 4. The molecule has 1 aliphatic carbocycles. The van der Waals surface area contributed by atoms with E-state index < -0.39 is 0 Å². The van der Waals surface area contributed by atoms with Crippen molar-refractivity contribution in [3.8, 4) is 34.1 Å². The topological polar surface area (TPSA) is 36.9 Å². The zero-order valence-electron chi connectivity index (χ0n) is 14.8. The van der Waals surface area contributed by atoms with E-state index >= 15 is 0 Å². The van der Waals surface area contributed by atoms with Gasteiger partial charge in [-0.15, -0.1) is 0 Å². The van der Waals surface area contributed by atoms with Crippen molar-refractivity contribution in [2.75, 3.05) is 28.4 Å². The molecule has 0 amide bonds. The van der Waals surface area contributed by atoms with Crippen molar-refractivity contribution in [1.82, 2.24) is 0 Å². The van der Waals surface area contributed by atoms with Gasteiger partial charge >= 0.3 is 0 Å². The molecule has 0 unspecified atom stereocenters. The van der Waals surface area contributed by atoms with E-state index in [1.54, 1.807) is 28.4 Å². The monoisotopic (exact) mass is 328 g/mol. The Hall–Kier alpha value is -2.36. The number of fused-ring (bicyclic) bond motifs is 3. The van der Waals surface area contributed by atoms with Gasteiger partial charge in [-0.05, 0) is 60.6 Å². The third-order valence-electron chi connectivity index (χ3n) is 4.67. The van der Waals surface area contributed by atoms with Crippen LogP contribution in [0, 0.1) is 0 Å². The van der Waals surface area contributed by atoms with E-state index in [9.17, 15) is 0 Å². The van der Waals surface area contributed by atoms with Gasteiger partial charge in [0, 0.05) is 5.56 Å². The largest absolute Gasteiger partial charge is 0.493 e. The van der Waals surface area contributed by atoms with Crippen molar-refractivity contribution in [3.63, 3.8) is 0 Å². The van der Waals surface area contributed by atoms with Crippen LogP contribution < -0.4 is 18.9 Å². The lowest BCUT2D eigenvalue weighted by Crippen LogP contribution is -2.05. The van der Waals surface area contributed by atoms with Crippen molar-refractivity contribution in [3.05, 3.63) is 35.4 Å². The SMILES string of the molecule is COc1cc2c(cc1OC)-c1ccc(OC)c(OC)c1CCCC2.